The lowest BCUT2D eigenvalue weighted by Crippen LogP contribution is -2.00. The summed E-state index contributed by atoms with van der Waals surface area (Å²) in [7, 11) is 0. The van der Waals surface area contributed by atoms with Gasteiger partial charge in [-0.3, -0.25) is 4.79 Å². The molecule has 0 radical (unpaired) electrons. The van der Waals surface area contributed by atoms with Crippen LogP contribution in [0.1, 0.15) is 12.8 Å². The van der Waals surface area contributed by atoms with E-state index in [1.54, 1.807) is 0 Å². The van der Waals surface area contributed by atoms with Crippen molar-refractivity contribution < 1.29 is 4.79 Å². The number of Topliss-reactive ketones (excluding diaryl/α,β-unsaturated/α-hetero) is 1. The Morgan fingerprint density at radius 3 is 3.00 bits per heavy atom. The summed E-state index contributed by atoms with van der Waals surface area (Å²) in [6, 6.07) is 0. The van der Waals surface area contributed by atoms with Gasteiger partial charge in [0.25, 0.3) is 0 Å². The molecule has 2 fully saturated rings. The van der Waals surface area contributed by atoms with Gasteiger partial charge in [0.15, 0.2) is 0 Å². The van der Waals surface area contributed by atoms with Crippen LogP contribution in [0.4, 0.5) is 0 Å². The lowest BCUT2D eigenvalue weighted by Gasteiger charge is -1.97. The lowest BCUT2D eigenvalue weighted by molar-refractivity contribution is -0.119. The number of ketones is 1. The van der Waals surface area contributed by atoms with Crippen LogP contribution in [0.15, 0.2) is 0 Å². The minimum absolute atomic E-state index is 0.507. The second-order valence-electron chi connectivity index (χ2n) is 3.31. The summed E-state index contributed by atoms with van der Waals surface area (Å²) in [5.74, 6) is 3.84. The molecule has 0 N–H and O–H groups in total. The smallest absolute Gasteiger partial charge is 0.136 e. The SMILES string of the molecule is CSC[C@@H]1[C@@H]2CCC(=O)[C@H]12. The van der Waals surface area contributed by atoms with Gasteiger partial charge in [0.1, 0.15) is 5.78 Å². The van der Waals surface area contributed by atoms with Crippen molar-refractivity contribution in [3.63, 3.8) is 0 Å². The van der Waals surface area contributed by atoms with Crippen molar-refractivity contribution in [2.75, 3.05) is 12.0 Å². The minimum Gasteiger partial charge on any atom is -0.299 e. The maximum absolute atomic E-state index is 11.1. The highest BCUT2D eigenvalue weighted by Gasteiger charge is 2.56. The third-order valence-corrected chi connectivity index (χ3v) is 3.50. The molecule has 1 nitrogen and oxygen atoms in total. The molecule has 0 aromatic heterocycles. The van der Waals surface area contributed by atoms with E-state index in [4.69, 9.17) is 0 Å². The van der Waals surface area contributed by atoms with E-state index in [9.17, 15) is 4.79 Å². The van der Waals surface area contributed by atoms with Crippen LogP contribution in [0.3, 0.4) is 0 Å². The van der Waals surface area contributed by atoms with E-state index in [-0.39, 0.29) is 0 Å². The zero-order chi connectivity index (χ0) is 7.14. The van der Waals surface area contributed by atoms with Crippen molar-refractivity contribution in [1.82, 2.24) is 0 Å². The first-order valence-corrected chi connectivity index (χ1v) is 5.25. The molecule has 10 heavy (non-hydrogen) atoms. The maximum Gasteiger partial charge on any atom is 0.136 e. The molecule has 0 bridgehead atoms. The molecular weight excluding hydrogens is 144 g/mol. The largest absolute Gasteiger partial charge is 0.299 e. The van der Waals surface area contributed by atoms with Crippen LogP contribution in [0.5, 0.6) is 0 Å². The van der Waals surface area contributed by atoms with Gasteiger partial charge in [0.05, 0.1) is 0 Å². The molecule has 0 heterocycles. The molecule has 0 aliphatic heterocycles. The van der Waals surface area contributed by atoms with Gasteiger partial charge in [-0.25, -0.2) is 0 Å². The van der Waals surface area contributed by atoms with Crippen LogP contribution in [0, 0.1) is 17.8 Å². The molecule has 2 aliphatic rings. The number of fused-ring (bicyclic) bond motifs is 1. The quantitative estimate of drug-likeness (QED) is 0.603. The van der Waals surface area contributed by atoms with Crippen molar-refractivity contribution in [2.45, 2.75) is 12.8 Å². The average Bonchev–Trinajstić information content (AvgIpc) is 2.45. The topological polar surface area (TPSA) is 17.1 Å². The summed E-state index contributed by atoms with van der Waals surface area (Å²) in [6.07, 6.45) is 4.19. The molecular formula is C8H12OS. The minimum atomic E-state index is 0.507. The zero-order valence-electron chi connectivity index (χ0n) is 6.17. The third kappa shape index (κ3) is 0.815. The van der Waals surface area contributed by atoms with Crippen LogP contribution in [0.25, 0.3) is 0 Å². The molecule has 3 atom stereocenters. The predicted molar refractivity (Wildman–Crippen MR) is 43.1 cm³/mol. The fourth-order valence-corrected chi connectivity index (χ4v) is 3.05. The Labute approximate surface area is 65.6 Å². The first-order valence-electron chi connectivity index (χ1n) is 3.86. The van der Waals surface area contributed by atoms with Crippen LogP contribution in [-0.4, -0.2) is 17.8 Å². The van der Waals surface area contributed by atoms with Gasteiger partial charge in [-0.2, -0.15) is 11.8 Å². The van der Waals surface area contributed by atoms with Gasteiger partial charge >= 0.3 is 0 Å². The Morgan fingerprint density at radius 2 is 2.50 bits per heavy atom. The summed E-state index contributed by atoms with van der Waals surface area (Å²) in [4.78, 5) is 11.1. The number of thioether (sulfide) groups is 1. The fraction of sp³-hybridized carbons (Fsp3) is 0.875. The van der Waals surface area contributed by atoms with Gasteiger partial charge in [-0.15, -0.1) is 0 Å². The molecule has 0 aromatic carbocycles. The Morgan fingerprint density at radius 1 is 1.70 bits per heavy atom. The standard InChI is InChI=1S/C8H12OS/c1-10-4-6-5-2-3-7(9)8(5)6/h5-6,8H,2-4H2,1H3/t5-,6+,8-/m0/s1. The zero-order valence-corrected chi connectivity index (χ0v) is 6.99. The van der Waals surface area contributed by atoms with Crippen LogP contribution < -0.4 is 0 Å². The van der Waals surface area contributed by atoms with E-state index in [1.165, 1.54) is 12.2 Å². The van der Waals surface area contributed by atoms with E-state index in [2.05, 4.69) is 6.26 Å². The summed E-state index contributed by atoms with van der Waals surface area (Å²) >= 11 is 1.88. The number of rotatable bonds is 2. The molecule has 56 valence electrons. The molecule has 0 saturated heterocycles. The molecule has 2 heteroatoms. The van der Waals surface area contributed by atoms with Crippen molar-refractivity contribution in [2.24, 2.45) is 17.8 Å². The Balaban J connectivity index is 1.92. The van der Waals surface area contributed by atoms with Gasteiger partial charge in [-0.05, 0) is 30.3 Å². The van der Waals surface area contributed by atoms with Gasteiger partial charge < -0.3 is 0 Å². The molecule has 0 unspecified atom stereocenters. The maximum atomic E-state index is 11.1. The highest BCUT2D eigenvalue weighted by atomic mass is 32.2. The monoisotopic (exact) mass is 156 g/mol. The van der Waals surface area contributed by atoms with Gasteiger partial charge in [0, 0.05) is 12.3 Å². The normalized spacial score (nSPS) is 43.7. The summed E-state index contributed by atoms with van der Waals surface area (Å²) < 4.78 is 0. The van der Waals surface area contributed by atoms with Crippen molar-refractivity contribution >= 4 is 17.5 Å². The van der Waals surface area contributed by atoms with E-state index in [1.807, 2.05) is 11.8 Å². The van der Waals surface area contributed by atoms with E-state index in [0.29, 0.717) is 11.7 Å². The number of hydrogen-bond acceptors (Lipinski definition) is 2. The second-order valence-corrected chi connectivity index (χ2v) is 4.22. The van der Waals surface area contributed by atoms with Gasteiger partial charge in [-0.1, -0.05) is 0 Å². The molecule has 2 saturated carbocycles. The second kappa shape index (κ2) is 2.26. The number of carbonyl (C=O) groups excluding carboxylic acids is 1. The van der Waals surface area contributed by atoms with Crippen LogP contribution in [-0.2, 0) is 4.79 Å². The molecule has 2 rings (SSSR count). The molecule has 2 aliphatic carbocycles. The van der Waals surface area contributed by atoms with Crippen LogP contribution in [0.2, 0.25) is 0 Å². The van der Waals surface area contributed by atoms with Crippen molar-refractivity contribution in [3.05, 3.63) is 0 Å². The lowest BCUT2D eigenvalue weighted by atomic mass is 10.1. The Bertz CT molecular complexity index is 167. The molecule has 0 spiro atoms. The van der Waals surface area contributed by atoms with E-state index in [0.717, 1.165) is 18.3 Å². The molecule has 0 aromatic rings. The summed E-state index contributed by atoms with van der Waals surface area (Å²) in [5, 5.41) is 0. The highest BCUT2D eigenvalue weighted by Crippen LogP contribution is 2.56. The van der Waals surface area contributed by atoms with E-state index >= 15 is 0 Å². The molecule has 0 amide bonds. The number of hydrogen-bond donors (Lipinski definition) is 0. The third-order valence-electron chi connectivity index (χ3n) is 2.79. The fourth-order valence-electron chi connectivity index (χ4n) is 2.21. The van der Waals surface area contributed by atoms with E-state index < -0.39 is 0 Å². The van der Waals surface area contributed by atoms with Crippen LogP contribution >= 0.6 is 11.8 Å². The summed E-state index contributed by atoms with van der Waals surface area (Å²) in [6.45, 7) is 0. The first-order chi connectivity index (χ1) is 4.84. The number of carbonyl (C=O) groups is 1. The predicted octanol–water partition coefficient (Wildman–Crippen LogP) is 1.57. The highest BCUT2D eigenvalue weighted by molar-refractivity contribution is 7.98. The Kier molecular flexibility index (Phi) is 1.52. The van der Waals surface area contributed by atoms with Crippen molar-refractivity contribution in [3.8, 4) is 0 Å². The van der Waals surface area contributed by atoms with Crippen molar-refractivity contribution in [1.29, 1.82) is 0 Å². The average molecular weight is 156 g/mol. The van der Waals surface area contributed by atoms with Gasteiger partial charge in [0.2, 0.25) is 0 Å². The Hall–Kier alpha value is 0.0200. The summed E-state index contributed by atoms with van der Waals surface area (Å²) in [5.41, 5.74) is 0. The first kappa shape index (κ1) is 6.71.